The smallest absolute Gasteiger partial charge is 0.323 e. The minimum Gasteiger partial charge on any atom is -0.480 e. The Morgan fingerprint density at radius 3 is 2.55 bits per heavy atom. The molecule has 1 aliphatic heterocycles. The van der Waals surface area contributed by atoms with Crippen molar-refractivity contribution in [3.05, 3.63) is 41.1 Å². The lowest BCUT2D eigenvalue weighted by atomic mass is 10.1. The van der Waals surface area contributed by atoms with Crippen LogP contribution in [0.15, 0.2) is 30.0 Å². The largest absolute Gasteiger partial charge is 0.480 e. The number of nitrogens with zero attached hydrogens (tertiary/aromatic N) is 3. The zero-order chi connectivity index (χ0) is 16.3. The average Bonchev–Trinajstić information content (AvgIpc) is 2.74. The van der Waals surface area contributed by atoms with Crippen LogP contribution in [0.3, 0.4) is 0 Å². The van der Waals surface area contributed by atoms with Crippen molar-refractivity contribution in [3.8, 4) is 12.1 Å². The molecule has 0 radical (unpaired) electrons. The highest BCUT2D eigenvalue weighted by atomic mass is 16.4. The molecule has 2 rings (SSSR count). The first-order valence-electron chi connectivity index (χ1n) is 5.97. The Labute approximate surface area is 124 Å². The summed E-state index contributed by atoms with van der Waals surface area (Å²) in [6.45, 7) is -0.733. The number of aliphatic carboxylic acids is 1. The van der Waals surface area contributed by atoms with Gasteiger partial charge in [0.1, 0.15) is 24.3 Å². The van der Waals surface area contributed by atoms with Gasteiger partial charge in [-0.15, -0.1) is 0 Å². The molecule has 0 aromatic heterocycles. The molecule has 22 heavy (non-hydrogen) atoms. The van der Waals surface area contributed by atoms with Gasteiger partial charge >= 0.3 is 5.97 Å². The van der Waals surface area contributed by atoms with E-state index in [1.54, 1.807) is 12.1 Å². The Balaban J connectivity index is 2.42. The lowest BCUT2D eigenvalue weighted by Gasteiger charge is -2.10. The van der Waals surface area contributed by atoms with Crippen molar-refractivity contribution in [2.24, 2.45) is 0 Å². The number of nitrogens with one attached hydrogen (secondary N) is 1. The summed E-state index contributed by atoms with van der Waals surface area (Å²) in [6, 6.07) is 7.67. The van der Waals surface area contributed by atoms with Crippen LogP contribution < -0.4 is 5.32 Å². The van der Waals surface area contributed by atoms with Gasteiger partial charge in [-0.3, -0.25) is 19.3 Å². The van der Waals surface area contributed by atoms with Gasteiger partial charge in [-0.25, -0.2) is 0 Å². The fourth-order valence-corrected chi connectivity index (χ4v) is 1.97. The fourth-order valence-electron chi connectivity index (χ4n) is 1.97. The van der Waals surface area contributed by atoms with Gasteiger partial charge in [-0.05, 0) is 12.1 Å². The van der Waals surface area contributed by atoms with Crippen molar-refractivity contribution in [1.29, 1.82) is 10.5 Å². The highest BCUT2D eigenvalue weighted by Gasteiger charge is 2.38. The predicted molar refractivity (Wildman–Crippen MR) is 72.4 cm³/mol. The first-order chi connectivity index (χ1) is 10.5. The number of amides is 2. The molecular weight excluding hydrogens is 288 g/mol. The van der Waals surface area contributed by atoms with Crippen molar-refractivity contribution in [2.45, 2.75) is 0 Å². The maximum Gasteiger partial charge on any atom is 0.323 e. The number of carbonyl (C=O) groups excluding carboxylic acids is 2. The number of fused-ring (bicyclic) bond motifs is 1. The van der Waals surface area contributed by atoms with Crippen molar-refractivity contribution < 1.29 is 19.5 Å². The van der Waals surface area contributed by atoms with E-state index < -0.39 is 24.3 Å². The highest BCUT2D eigenvalue weighted by Crippen LogP contribution is 2.29. The van der Waals surface area contributed by atoms with E-state index in [4.69, 9.17) is 15.6 Å². The molecule has 108 valence electrons. The SMILES string of the molecule is N#CC(C#N)=CNc1cccc2c1C(=O)N(CC(=O)O)C2=O. The van der Waals surface area contributed by atoms with Crippen LogP contribution in [0.5, 0.6) is 0 Å². The van der Waals surface area contributed by atoms with Crippen LogP contribution in [0.1, 0.15) is 20.7 Å². The topological polar surface area (TPSA) is 134 Å². The van der Waals surface area contributed by atoms with Crippen LogP contribution in [0, 0.1) is 22.7 Å². The van der Waals surface area contributed by atoms with Gasteiger partial charge in [-0.2, -0.15) is 10.5 Å². The van der Waals surface area contributed by atoms with Crippen molar-refractivity contribution >= 4 is 23.5 Å². The number of allylic oxidation sites excluding steroid dienone is 1. The van der Waals surface area contributed by atoms with Gasteiger partial charge in [0.2, 0.25) is 0 Å². The third kappa shape index (κ3) is 2.49. The van der Waals surface area contributed by atoms with E-state index in [1.165, 1.54) is 18.2 Å². The summed E-state index contributed by atoms with van der Waals surface area (Å²) >= 11 is 0. The number of anilines is 1. The van der Waals surface area contributed by atoms with E-state index >= 15 is 0 Å². The summed E-state index contributed by atoms with van der Waals surface area (Å²) in [5.74, 6) is -2.75. The average molecular weight is 296 g/mol. The number of nitriles is 2. The maximum atomic E-state index is 12.2. The molecule has 8 nitrogen and oxygen atoms in total. The van der Waals surface area contributed by atoms with Crippen LogP contribution in [0.2, 0.25) is 0 Å². The van der Waals surface area contributed by atoms with E-state index in [9.17, 15) is 14.4 Å². The standard InChI is InChI=1S/C14H8N4O4/c15-4-8(5-16)6-17-10-3-1-2-9-12(10)14(22)18(13(9)21)7-11(19)20/h1-3,6,17H,7H2,(H,19,20). The lowest BCUT2D eigenvalue weighted by molar-refractivity contribution is -0.137. The quantitative estimate of drug-likeness (QED) is 0.617. The summed E-state index contributed by atoms with van der Waals surface area (Å²) in [5.41, 5.74) is 0.0869. The van der Waals surface area contributed by atoms with Crippen molar-refractivity contribution in [1.82, 2.24) is 4.90 Å². The monoisotopic (exact) mass is 296 g/mol. The van der Waals surface area contributed by atoms with Gasteiger partial charge in [0, 0.05) is 6.20 Å². The minimum absolute atomic E-state index is 0.0141. The highest BCUT2D eigenvalue weighted by molar-refractivity contribution is 6.24. The summed E-state index contributed by atoms with van der Waals surface area (Å²) in [6.07, 6.45) is 1.10. The van der Waals surface area contributed by atoms with Gasteiger partial charge in [0.05, 0.1) is 16.8 Å². The third-order valence-electron chi connectivity index (χ3n) is 2.91. The summed E-state index contributed by atoms with van der Waals surface area (Å²) in [5, 5.41) is 28.7. The molecule has 0 bridgehead atoms. The minimum atomic E-state index is -1.31. The summed E-state index contributed by atoms with van der Waals surface area (Å²) < 4.78 is 0. The fraction of sp³-hybridized carbons (Fsp3) is 0.0714. The molecule has 0 aliphatic carbocycles. The van der Waals surface area contributed by atoms with Crippen LogP contribution >= 0.6 is 0 Å². The Hall–Kier alpha value is -3.65. The predicted octanol–water partition coefficient (Wildman–Crippen LogP) is 0.710. The molecule has 0 spiro atoms. The van der Waals surface area contributed by atoms with Crippen molar-refractivity contribution in [3.63, 3.8) is 0 Å². The number of carboxylic acids is 1. The second-order valence-corrected chi connectivity index (χ2v) is 4.24. The van der Waals surface area contributed by atoms with Crippen LogP contribution in [-0.2, 0) is 4.79 Å². The first kappa shape index (κ1) is 14.8. The molecule has 0 fully saturated rings. The number of hydrogen-bond donors (Lipinski definition) is 2. The number of imide groups is 1. The maximum absolute atomic E-state index is 12.2. The van der Waals surface area contributed by atoms with E-state index in [0.29, 0.717) is 4.90 Å². The second-order valence-electron chi connectivity index (χ2n) is 4.24. The van der Waals surface area contributed by atoms with Crippen LogP contribution in [0.4, 0.5) is 5.69 Å². The number of hydrogen-bond acceptors (Lipinski definition) is 6. The first-order valence-corrected chi connectivity index (χ1v) is 5.97. The molecule has 0 saturated carbocycles. The number of carboxylic acid groups (broad SMARTS) is 1. The van der Waals surface area contributed by atoms with E-state index in [1.807, 2.05) is 0 Å². The molecule has 0 saturated heterocycles. The molecule has 0 unspecified atom stereocenters. The van der Waals surface area contributed by atoms with Gasteiger partial charge < -0.3 is 10.4 Å². The second kappa shape index (κ2) is 5.77. The summed E-state index contributed by atoms with van der Waals surface area (Å²) in [7, 11) is 0. The van der Waals surface area contributed by atoms with E-state index in [2.05, 4.69) is 5.32 Å². The lowest BCUT2D eigenvalue weighted by Crippen LogP contribution is -2.34. The van der Waals surface area contributed by atoms with Crippen LogP contribution in [0.25, 0.3) is 0 Å². The number of benzene rings is 1. The molecular formula is C14H8N4O4. The van der Waals surface area contributed by atoms with Gasteiger partial charge in [0.25, 0.3) is 11.8 Å². The molecule has 1 heterocycles. The molecule has 2 N–H and O–H groups in total. The number of carbonyl (C=O) groups is 3. The molecule has 8 heteroatoms. The van der Waals surface area contributed by atoms with Gasteiger partial charge in [0.15, 0.2) is 0 Å². The summed E-state index contributed by atoms with van der Waals surface area (Å²) in [4.78, 5) is 35.6. The molecule has 1 aromatic carbocycles. The number of rotatable bonds is 4. The zero-order valence-corrected chi connectivity index (χ0v) is 11.0. The van der Waals surface area contributed by atoms with Crippen molar-refractivity contribution in [2.75, 3.05) is 11.9 Å². The zero-order valence-electron chi connectivity index (χ0n) is 11.0. The van der Waals surface area contributed by atoms with E-state index in [0.717, 1.165) is 6.20 Å². The Morgan fingerprint density at radius 1 is 1.27 bits per heavy atom. The Kier molecular flexibility index (Phi) is 3.87. The Morgan fingerprint density at radius 2 is 1.95 bits per heavy atom. The van der Waals surface area contributed by atoms with Crippen LogP contribution in [-0.4, -0.2) is 34.3 Å². The van der Waals surface area contributed by atoms with E-state index in [-0.39, 0.29) is 22.4 Å². The third-order valence-corrected chi connectivity index (χ3v) is 2.91. The molecule has 0 atom stereocenters. The normalized spacial score (nSPS) is 12.2. The Bertz CT molecular complexity index is 782. The molecule has 1 aromatic rings. The molecule has 2 amide bonds. The van der Waals surface area contributed by atoms with Gasteiger partial charge in [-0.1, -0.05) is 6.07 Å². The molecule has 1 aliphatic rings.